The molecular weight excluding hydrogens is 230 g/mol. The number of pyridine rings is 1. The van der Waals surface area contributed by atoms with Crippen LogP contribution in [0.4, 0.5) is 0 Å². The van der Waals surface area contributed by atoms with Crippen LogP contribution in [0.15, 0.2) is 29.8 Å². The fraction of sp³-hybridized carbons (Fsp3) is 0.250. The van der Waals surface area contributed by atoms with Gasteiger partial charge in [0.15, 0.2) is 5.84 Å². The molecule has 6 heteroatoms. The van der Waals surface area contributed by atoms with Crippen LogP contribution in [0.5, 0.6) is 0 Å². The molecule has 0 atom stereocenters. The maximum Gasteiger partial charge on any atom is 0.189 e. The summed E-state index contributed by atoms with van der Waals surface area (Å²) < 4.78 is 2.00. The van der Waals surface area contributed by atoms with E-state index in [9.17, 15) is 0 Å². The fourth-order valence-electron chi connectivity index (χ4n) is 1.73. The highest BCUT2D eigenvalue weighted by atomic mass is 16.4. The van der Waals surface area contributed by atoms with E-state index in [1.165, 1.54) is 0 Å². The molecule has 0 aromatic carbocycles. The van der Waals surface area contributed by atoms with Crippen molar-refractivity contribution >= 4 is 5.84 Å². The molecule has 2 heterocycles. The number of aromatic nitrogens is 3. The standard InChI is InChI=1S/C12H15N5O/c1-8-9(2)17(7-15-8)6-10-4-3-5-14-11(10)12(13)16-18/h3-5,7,18H,6H2,1-2H3,(H2,13,16). The van der Waals surface area contributed by atoms with Gasteiger partial charge in [0, 0.05) is 17.5 Å². The molecule has 2 aromatic heterocycles. The van der Waals surface area contributed by atoms with Gasteiger partial charge in [0.1, 0.15) is 5.69 Å². The lowest BCUT2D eigenvalue weighted by Crippen LogP contribution is -2.18. The first-order valence-electron chi connectivity index (χ1n) is 5.53. The molecule has 18 heavy (non-hydrogen) atoms. The minimum atomic E-state index is 0.0140. The van der Waals surface area contributed by atoms with E-state index in [-0.39, 0.29) is 5.84 Å². The summed E-state index contributed by atoms with van der Waals surface area (Å²) in [6, 6.07) is 3.72. The number of aryl methyl sites for hydroxylation is 1. The summed E-state index contributed by atoms with van der Waals surface area (Å²) in [5.41, 5.74) is 9.06. The Morgan fingerprint density at radius 3 is 2.83 bits per heavy atom. The van der Waals surface area contributed by atoms with Crippen LogP contribution in [0.3, 0.4) is 0 Å². The van der Waals surface area contributed by atoms with Gasteiger partial charge < -0.3 is 15.5 Å². The maximum absolute atomic E-state index is 8.74. The van der Waals surface area contributed by atoms with Gasteiger partial charge in [-0.1, -0.05) is 11.2 Å². The zero-order valence-corrected chi connectivity index (χ0v) is 10.3. The number of hydrogen-bond donors (Lipinski definition) is 2. The molecular formula is C12H15N5O. The highest BCUT2D eigenvalue weighted by molar-refractivity contribution is 5.96. The minimum absolute atomic E-state index is 0.0140. The van der Waals surface area contributed by atoms with Crippen LogP contribution in [-0.4, -0.2) is 25.6 Å². The molecule has 0 aliphatic carbocycles. The predicted octanol–water partition coefficient (Wildman–Crippen LogP) is 1.04. The monoisotopic (exact) mass is 245 g/mol. The Hall–Kier alpha value is -2.37. The smallest absolute Gasteiger partial charge is 0.189 e. The lowest BCUT2D eigenvalue weighted by molar-refractivity contribution is 0.318. The molecule has 0 radical (unpaired) electrons. The number of nitrogens with two attached hydrogens (primary N) is 1. The molecule has 0 saturated carbocycles. The van der Waals surface area contributed by atoms with Crippen LogP contribution in [0.25, 0.3) is 0 Å². The van der Waals surface area contributed by atoms with E-state index in [4.69, 9.17) is 10.9 Å². The summed E-state index contributed by atoms with van der Waals surface area (Å²) in [7, 11) is 0. The Bertz CT molecular complexity index is 588. The first-order chi connectivity index (χ1) is 8.63. The number of amidine groups is 1. The Labute approximate surface area is 105 Å². The number of nitrogens with zero attached hydrogens (tertiary/aromatic N) is 4. The zero-order chi connectivity index (χ0) is 13.1. The van der Waals surface area contributed by atoms with E-state index in [1.807, 2.05) is 30.5 Å². The van der Waals surface area contributed by atoms with Gasteiger partial charge in [0.25, 0.3) is 0 Å². The van der Waals surface area contributed by atoms with Gasteiger partial charge in [-0.05, 0) is 19.9 Å². The van der Waals surface area contributed by atoms with Crippen LogP contribution in [0, 0.1) is 13.8 Å². The van der Waals surface area contributed by atoms with E-state index in [1.54, 1.807) is 12.5 Å². The maximum atomic E-state index is 8.74. The van der Waals surface area contributed by atoms with Gasteiger partial charge in [0.05, 0.1) is 18.6 Å². The van der Waals surface area contributed by atoms with Gasteiger partial charge in [0.2, 0.25) is 0 Å². The molecule has 0 amide bonds. The molecule has 0 saturated heterocycles. The summed E-state index contributed by atoms with van der Waals surface area (Å²) in [6.07, 6.45) is 3.39. The number of rotatable bonds is 3. The topological polar surface area (TPSA) is 89.3 Å². The van der Waals surface area contributed by atoms with E-state index >= 15 is 0 Å². The molecule has 0 fully saturated rings. The van der Waals surface area contributed by atoms with Crippen molar-refractivity contribution in [2.45, 2.75) is 20.4 Å². The van der Waals surface area contributed by atoms with E-state index in [0.29, 0.717) is 12.2 Å². The SMILES string of the molecule is Cc1ncn(Cc2cccnc2C(N)=NO)c1C. The molecule has 0 bridgehead atoms. The van der Waals surface area contributed by atoms with Crippen LogP contribution in [0.1, 0.15) is 22.6 Å². The van der Waals surface area contributed by atoms with Gasteiger partial charge in [-0.15, -0.1) is 0 Å². The van der Waals surface area contributed by atoms with Crippen molar-refractivity contribution in [3.05, 3.63) is 47.3 Å². The third-order valence-electron chi connectivity index (χ3n) is 2.93. The molecule has 0 aliphatic heterocycles. The molecule has 0 aliphatic rings. The average molecular weight is 245 g/mol. The molecule has 2 aromatic rings. The minimum Gasteiger partial charge on any atom is -0.409 e. The largest absolute Gasteiger partial charge is 0.409 e. The highest BCUT2D eigenvalue weighted by Crippen LogP contribution is 2.11. The molecule has 6 nitrogen and oxygen atoms in total. The van der Waals surface area contributed by atoms with Gasteiger partial charge in [-0.3, -0.25) is 4.98 Å². The predicted molar refractivity (Wildman–Crippen MR) is 67.6 cm³/mol. The highest BCUT2D eigenvalue weighted by Gasteiger charge is 2.10. The quantitative estimate of drug-likeness (QED) is 0.366. The van der Waals surface area contributed by atoms with Crippen LogP contribution >= 0.6 is 0 Å². The lowest BCUT2D eigenvalue weighted by Gasteiger charge is -2.09. The third kappa shape index (κ3) is 2.17. The molecule has 3 N–H and O–H groups in total. The van der Waals surface area contributed by atoms with Crippen LogP contribution < -0.4 is 5.73 Å². The van der Waals surface area contributed by atoms with Crippen LogP contribution in [-0.2, 0) is 6.54 Å². The molecule has 94 valence electrons. The Morgan fingerprint density at radius 2 is 2.22 bits per heavy atom. The van der Waals surface area contributed by atoms with Gasteiger partial charge in [-0.2, -0.15) is 0 Å². The summed E-state index contributed by atoms with van der Waals surface area (Å²) in [6.45, 7) is 4.55. The Balaban J connectivity index is 2.38. The van der Waals surface area contributed by atoms with Crippen molar-refractivity contribution in [3.8, 4) is 0 Å². The normalized spacial score (nSPS) is 11.8. The molecule has 0 unspecified atom stereocenters. The van der Waals surface area contributed by atoms with Crippen molar-refractivity contribution in [2.24, 2.45) is 10.9 Å². The van der Waals surface area contributed by atoms with Crippen molar-refractivity contribution in [1.29, 1.82) is 0 Å². The lowest BCUT2D eigenvalue weighted by atomic mass is 10.1. The fourth-order valence-corrected chi connectivity index (χ4v) is 1.73. The second-order valence-electron chi connectivity index (χ2n) is 4.04. The second kappa shape index (κ2) is 4.87. The second-order valence-corrected chi connectivity index (χ2v) is 4.04. The van der Waals surface area contributed by atoms with Crippen molar-refractivity contribution in [1.82, 2.24) is 14.5 Å². The molecule has 2 rings (SSSR count). The number of hydrogen-bond acceptors (Lipinski definition) is 4. The summed E-state index contributed by atoms with van der Waals surface area (Å²) in [5.74, 6) is 0.0140. The van der Waals surface area contributed by atoms with Crippen molar-refractivity contribution < 1.29 is 5.21 Å². The summed E-state index contributed by atoms with van der Waals surface area (Å²) in [4.78, 5) is 8.37. The third-order valence-corrected chi connectivity index (χ3v) is 2.93. The average Bonchev–Trinajstić information content (AvgIpc) is 2.70. The Kier molecular flexibility index (Phi) is 3.27. The van der Waals surface area contributed by atoms with Crippen molar-refractivity contribution in [2.75, 3.05) is 0 Å². The van der Waals surface area contributed by atoms with Gasteiger partial charge >= 0.3 is 0 Å². The van der Waals surface area contributed by atoms with E-state index in [2.05, 4.69) is 15.1 Å². The summed E-state index contributed by atoms with van der Waals surface area (Å²) >= 11 is 0. The molecule has 0 spiro atoms. The first kappa shape index (κ1) is 12.1. The van der Waals surface area contributed by atoms with E-state index in [0.717, 1.165) is 17.0 Å². The first-order valence-corrected chi connectivity index (χ1v) is 5.53. The van der Waals surface area contributed by atoms with Crippen molar-refractivity contribution in [3.63, 3.8) is 0 Å². The van der Waals surface area contributed by atoms with Crippen LogP contribution in [0.2, 0.25) is 0 Å². The van der Waals surface area contributed by atoms with E-state index < -0.39 is 0 Å². The summed E-state index contributed by atoms with van der Waals surface area (Å²) in [5, 5.41) is 11.7. The zero-order valence-electron chi connectivity index (χ0n) is 10.3. The Morgan fingerprint density at radius 1 is 1.44 bits per heavy atom. The number of imidazole rings is 1. The number of oxime groups is 1. The van der Waals surface area contributed by atoms with Gasteiger partial charge in [-0.25, -0.2) is 4.98 Å².